The third-order valence-corrected chi connectivity index (χ3v) is 3.04. The van der Waals surface area contributed by atoms with Crippen LogP contribution in [0.2, 0.25) is 0 Å². The SMILES string of the molecule is Cc1ccc(C(C)C)cc1CCC(=O)N(C)N. The van der Waals surface area contributed by atoms with Gasteiger partial charge < -0.3 is 0 Å². The predicted octanol–water partition coefficient (Wildman–Crippen LogP) is 2.38. The van der Waals surface area contributed by atoms with Gasteiger partial charge in [-0.2, -0.15) is 0 Å². The van der Waals surface area contributed by atoms with E-state index in [0.717, 1.165) is 11.4 Å². The number of nitrogens with zero attached hydrogens (tertiary/aromatic N) is 1. The number of carbonyl (C=O) groups excluding carboxylic acids is 1. The minimum absolute atomic E-state index is 0.0284. The van der Waals surface area contributed by atoms with Gasteiger partial charge in [-0.15, -0.1) is 0 Å². The van der Waals surface area contributed by atoms with E-state index in [4.69, 9.17) is 5.84 Å². The molecular weight excluding hydrogens is 212 g/mol. The van der Waals surface area contributed by atoms with Crippen molar-refractivity contribution >= 4 is 5.91 Å². The summed E-state index contributed by atoms with van der Waals surface area (Å²) in [7, 11) is 1.58. The molecule has 1 aromatic rings. The fourth-order valence-corrected chi connectivity index (χ4v) is 1.74. The molecule has 0 saturated carbocycles. The molecule has 0 aromatic heterocycles. The molecule has 2 N–H and O–H groups in total. The molecule has 0 radical (unpaired) electrons. The Morgan fingerprint density at radius 2 is 2.06 bits per heavy atom. The van der Waals surface area contributed by atoms with E-state index in [-0.39, 0.29) is 5.91 Å². The van der Waals surface area contributed by atoms with Gasteiger partial charge in [-0.25, -0.2) is 5.84 Å². The monoisotopic (exact) mass is 234 g/mol. The first-order valence-electron chi connectivity index (χ1n) is 6.02. The Bertz CT molecular complexity index is 397. The standard InChI is InChI=1S/C14H22N2O/c1-10(2)12-6-5-11(3)13(9-12)7-8-14(17)16(4)15/h5-6,9-10H,7-8,15H2,1-4H3. The highest BCUT2D eigenvalue weighted by atomic mass is 16.2. The molecule has 0 bridgehead atoms. The normalized spacial score (nSPS) is 10.7. The van der Waals surface area contributed by atoms with Gasteiger partial charge in [0.15, 0.2) is 0 Å². The number of carbonyl (C=O) groups is 1. The van der Waals surface area contributed by atoms with Gasteiger partial charge in [0.2, 0.25) is 5.91 Å². The van der Waals surface area contributed by atoms with Crippen LogP contribution in [0.3, 0.4) is 0 Å². The Labute approximate surface area is 104 Å². The third-order valence-electron chi connectivity index (χ3n) is 3.04. The van der Waals surface area contributed by atoms with Crippen molar-refractivity contribution in [2.24, 2.45) is 5.84 Å². The van der Waals surface area contributed by atoms with E-state index in [9.17, 15) is 4.79 Å². The highest BCUT2D eigenvalue weighted by Crippen LogP contribution is 2.19. The molecule has 3 heteroatoms. The fraction of sp³-hybridized carbons (Fsp3) is 0.500. The lowest BCUT2D eigenvalue weighted by Gasteiger charge is -2.13. The molecule has 0 aliphatic carbocycles. The molecule has 0 aliphatic rings. The molecule has 0 unspecified atom stereocenters. The van der Waals surface area contributed by atoms with Crippen molar-refractivity contribution in [2.45, 2.75) is 39.5 Å². The van der Waals surface area contributed by atoms with Gasteiger partial charge in [-0.3, -0.25) is 9.80 Å². The molecule has 1 rings (SSSR count). The zero-order chi connectivity index (χ0) is 13.0. The zero-order valence-electron chi connectivity index (χ0n) is 11.2. The van der Waals surface area contributed by atoms with Gasteiger partial charge in [0.1, 0.15) is 0 Å². The Morgan fingerprint density at radius 3 is 2.59 bits per heavy atom. The van der Waals surface area contributed by atoms with Crippen molar-refractivity contribution in [3.8, 4) is 0 Å². The molecule has 3 nitrogen and oxygen atoms in total. The summed E-state index contributed by atoms with van der Waals surface area (Å²) < 4.78 is 0. The molecule has 0 heterocycles. The molecule has 0 aliphatic heterocycles. The second-order valence-electron chi connectivity index (χ2n) is 4.85. The van der Waals surface area contributed by atoms with Crippen molar-refractivity contribution in [3.05, 3.63) is 34.9 Å². The first-order valence-corrected chi connectivity index (χ1v) is 6.02. The van der Waals surface area contributed by atoms with Crippen LogP contribution in [0.15, 0.2) is 18.2 Å². The largest absolute Gasteiger partial charge is 0.284 e. The van der Waals surface area contributed by atoms with Crippen LogP contribution in [-0.2, 0) is 11.2 Å². The number of aryl methyl sites for hydroxylation is 2. The maximum absolute atomic E-state index is 11.4. The highest BCUT2D eigenvalue weighted by molar-refractivity contribution is 5.75. The number of hydrogen-bond donors (Lipinski definition) is 1. The van der Waals surface area contributed by atoms with Crippen LogP contribution >= 0.6 is 0 Å². The van der Waals surface area contributed by atoms with Gasteiger partial charge in [0, 0.05) is 13.5 Å². The molecular formula is C14H22N2O. The lowest BCUT2D eigenvalue weighted by Crippen LogP contribution is -2.33. The Kier molecular flexibility index (Phi) is 4.70. The van der Waals surface area contributed by atoms with Crippen molar-refractivity contribution in [1.29, 1.82) is 0 Å². The predicted molar refractivity (Wildman–Crippen MR) is 70.5 cm³/mol. The van der Waals surface area contributed by atoms with Gasteiger partial charge >= 0.3 is 0 Å². The first-order chi connectivity index (χ1) is 7.91. The second-order valence-corrected chi connectivity index (χ2v) is 4.85. The molecule has 0 saturated heterocycles. The summed E-state index contributed by atoms with van der Waals surface area (Å²) in [6.45, 7) is 6.43. The Morgan fingerprint density at radius 1 is 1.41 bits per heavy atom. The quantitative estimate of drug-likeness (QED) is 0.494. The summed E-state index contributed by atoms with van der Waals surface area (Å²) in [5.74, 6) is 5.89. The summed E-state index contributed by atoms with van der Waals surface area (Å²) in [6, 6.07) is 6.48. The number of hydrogen-bond acceptors (Lipinski definition) is 2. The van der Waals surface area contributed by atoms with E-state index in [1.165, 1.54) is 16.7 Å². The average molecular weight is 234 g/mol. The molecule has 0 spiro atoms. The summed E-state index contributed by atoms with van der Waals surface area (Å²) >= 11 is 0. The van der Waals surface area contributed by atoms with E-state index in [0.29, 0.717) is 12.3 Å². The van der Waals surface area contributed by atoms with E-state index in [1.54, 1.807) is 7.05 Å². The Balaban J connectivity index is 2.76. The zero-order valence-corrected chi connectivity index (χ0v) is 11.2. The highest BCUT2D eigenvalue weighted by Gasteiger charge is 2.08. The molecule has 1 amide bonds. The molecule has 0 atom stereocenters. The van der Waals surface area contributed by atoms with Gasteiger partial charge in [-0.05, 0) is 36.0 Å². The number of rotatable bonds is 4. The van der Waals surface area contributed by atoms with Gasteiger partial charge in [-0.1, -0.05) is 32.0 Å². The molecule has 0 fully saturated rings. The number of benzene rings is 1. The summed E-state index contributed by atoms with van der Waals surface area (Å²) in [6.07, 6.45) is 1.22. The van der Waals surface area contributed by atoms with Crippen LogP contribution in [0.25, 0.3) is 0 Å². The number of nitrogens with two attached hydrogens (primary N) is 1. The van der Waals surface area contributed by atoms with Crippen molar-refractivity contribution in [1.82, 2.24) is 5.01 Å². The molecule has 94 valence electrons. The Hall–Kier alpha value is -1.35. The van der Waals surface area contributed by atoms with Crippen LogP contribution in [0, 0.1) is 6.92 Å². The first kappa shape index (κ1) is 13.7. The maximum atomic E-state index is 11.4. The lowest BCUT2D eigenvalue weighted by molar-refractivity contribution is -0.130. The van der Waals surface area contributed by atoms with E-state index in [1.807, 2.05) is 0 Å². The summed E-state index contributed by atoms with van der Waals surface area (Å²) in [5, 5.41) is 1.15. The third kappa shape index (κ3) is 3.86. The molecule has 17 heavy (non-hydrogen) atoms. The topological polar surface area (TPSA) is 46.3 Å². The second kappa shape index (κ2) is 5.82. The number of hydrazine groups is 1. The molecule has 1 aromatic carbocycles. The van der Waals surface area contributed by atoms with E-state index >= 15 is 0 Å². The van der Waals surface area contributed by atoms with Crippen LogP contribution < -0.4 is 5.84 Å². The average Bonchev–Trinajstić information content (AvgIpc) is 2.26. The van der Waals surface area contributed by atoms with Crippen molar-refractivity contribution < 1.29 is 4.79 Å². The summed E-state index contributed by atoms with van der Waals surface area (Å²) in [4.78, 5) is 11.4. The van der Waals surface area contributed by atoms with E-state index in [2.05, 4.69) is 39.0 Å². The fourth-order valence-electron chi connectivity index (χ4n) is 1.74. The summed E-state index contributed by atoms with van der Waals surface area (Å²) in [5.41, 5.74) is 3.80. The van der Waals surface area contributed by atoms with Gasteiger partial charge in [0.25, 0.3) is 0 Å². The minimum atomic E-state index is -0.0284. The van der Waals surface area contributed by atoms with E-state index < -0.39 is 0 Å². The lowest BCUT2D eigenvalue weighted by atomic mass is 9.95. The van der Waals surface area contributed by atoms with Crippen molar-refractivity contribution in [2.75, 3.05) is 7.05 Å². The van der Waals surface area contributed by atoms with Gasteiger partial charge in [0.05, 0.1) is 0 Å². The smallest absolute Gasteiger partial charge is 0.236 e. The van der Waals surface area contributed by atoms with Crippen LogP contribution in [0.5, 0.6) is 0 Å². The number of amides is 1. The maximum Gasteiger partial charge on any atom is 0.236 e. The van der Waals surface area contributed by atoms with Crippen LogP contribution in [-0.4, -0.2) is 18.0 Å². The van der Waals surface area contributed by atoms with Crippen LogP contribution in [0.1, 0.15) is 42.9 Å². The minimum Gasteiger partial charge on any atom is -0.284 e. The van der Waals surface area contributed by atoms with Crippen LogP contribution in [0.4, 0.5) is 0 Å². The van der Waals surface area contributed by atoms with Crippen molar-refractivity contribution in [3.63, 3.8) is 0 Å².